The minimum absolute atomic E-state index is 0.296. The molecule has 94 valence electrons. The number of nitrogens with one attached hydrogen (secondary N) is 1. The molecule has 4 rings (SSSR count). The highest BCUT2D eigenvalue weighted by atomic mass is 16.3. The van der Waals surface area contributed by atoms with Crippen LogP contribution in [0.1, 0.15) is 23.7 Å². The van der Waals surface area contributed by atoms with Gasteiger partial charge in [0.2, 0.25) is 0 Å². The van der Waals surface area contributed by atoms with E-state index in [0.29, 0.717) is 0 Å². The van der Waals surface area contributed by atoms with Gasteiger partial charge in [0.15, 0.2) is 5.65 Å². The Hall–Kier alpha value is -2.20. The molecule has 1 aliphatic rings. The summed E-state index contributed by atoms with van der Waals surface area (Å²) < 4.78 is 0. The van der Waals surface area contributed by atoms with Crippen LogP contribution < -0.4 is 0 Å². The second kappa shape index (κ2) is 3.90. The molecule has 0 bridgehead atoms. The van der Waals surface area contributed by atoms with Crippen molar-refractivity contribution in [1.82, 2.24) is 15.2 Å². The molecule has 1 unspecified atom stereocenters. The van der Waals surface area contributed by atoms with Gasteiger partial charge in [-0.05, 0) is 41.2 Å². The standard InChI is InChI=1S/C15H13N3O/c19-14-4-2-10-7-9(1-3-12(10)14)11-5-6-16-15-13(11)8-17-18-15/h1,3,5-8,14,19H,2,4H2,(H,16,17,18). The van der Waals surface area contributed by atoms with Crippen LogP contribution in [0.15, 0.2) is 36.7 Å². The average Bonchev–Trinajstić information content (AvgIpc) is 3.05. The summed E-state index contributed by atoms with van der Waals surface area (Å²) in [4.78, 5) is 4.25. The van der Waals surface area contributed by atoms with Crippen LogP contribution in [0.25, 0.3) is 22.2 Å². The zero-order valence-electron chi connectivity index (χ0n) is 10.3. The fourth-order valence-corrected chi connectivity index (χ4v) is 2.87. The molecule has 0 fully saturated rings. The van der Waals surface area contributed by atoms with E-state index in [-0.39, 0.29) is 6.10 Å². The predicted octanol–water partition coefficient (Wildman–Crippen LogP) is 2.60. The number of aryl methyl sites for hydroxylation is 1. The Bertz CT molecular complexity index is 763. The van der Waals surface area contributed by atoms with Gasteiger partial charge in [-0.3, -0.25) is 5.10 Å². The number of aliphatic hydroxyl groups excluding tert-OH is 1. The Balaban J connectivity index is 1.91. The summed E-state index contributed by atoms with van der Waals surface area (Å²) in [6.07, 6.45) is 5.08. The quantitative estimate of drug-likeness (QED) is 0.698. The number of aliphatic hydroxyl groups is 1. The molecule has 4 heteroatoms. The van der Waals surface area contributed by atoms with Crippen LogP contribution in [0.2, 0.25) is 0 Å². The van der Waals surface area contributed by atoms with E-state index >= 15 is 0 Å². The van der Waals surface area contributed by atoms with Gasteiger partial charge in [-0.15, -0.1) is 0 Å². The zero-order chi connectivity index (χ0) is 12.8. The highest BCUT2D eigenvalue weighted by Gasteiger charge is 2.20. The zero-order valence-corrected chi connectivity index (χ0v) is 10.3. The van der Waals surface area contributed by atoms with Gasteiger partial charge in [-0.2, -0.15) is 5.10 Å². The van der Waals surface area contributed by atoms with E-state index in [1.54, 1.807) is 12.4 Å². The van der Waals surface area contributed by atoms with Crippen LogP contribution in [-0.2, 0) is 6.42 Å². The molecule has 4 nitrogen and oxygen atoms in total. The summed E-state index contributed by atoms with van der Waals surface area (Å²) in [5, 5.41) is 17.8. The monoisotopic (exact) mass is 251 g/mol. The summed E-state index contributed by atoms with van der Waals surface area (Å²) in [6, 6.07) is 8.28. The SMILES string of the molecule is OC1CCc2cc(-c3ccnc4[nH]ncc34)ccc21. The van der Waals surface area contributed by atoms with Crippen LogP contribution in [0.5, 0.6) is 0 Å². The van der Waals surface area contributed by atoms with Crippen molar-refractivity contribution >= 4 is 11.0 Å². The molecule has 2 heterocycles. The van der Waals surface area contributed by atoms with Crippen LogP contribution >= 0.6 is 0 Å². The van der Waals surface area contributed by atoms with E-state index in [9.17, 15) is 5.11 Å². The van der Waals surface area contributed by atoms with Gasteiger partial charge in [-0.25, -0.2) is 4.98 Å². The fourth-order valence-electron chi connectivity index (χ4n) is 2.87. The maximum atomic E-state index is 9.86. The molecule has 1 aliphatic carbocycles. The molecule has 0 aliphatic heterocycles. The Morgan fingerprint density at radius 1 is 1.26 bits per heavy atom. The summed E-state index contributed by atoms with van der Waals surface area (Å²) in [7, 11) is 0. The van der Waals surface area contributed by atoms with E-state index in [1.807, 2.05) is 12.1 Å². The van der Waals surface area contributed by atoms with Crippen molar-refractivity contribution in [1.29, 1.82) is 0 Å². The first kappa shape index (κ1) is 10.7. The number of hydrogen-bond donors (Lipinski definition) is 2. The molecule has 2 N–H and O–H groups in total. The smallest absolute Gasteiger partial charge is 0.155 e. The molecule has 1 atom stereocenters. The number of pyridine rings is 1. The molecule has 2 aromatic heterocycles. The molecule has 0 saturated carbocycles. The lowest BCUT2D eigenvalue weighted by atomic mass is 9.99. The maximum Gasteiger partial charge on any atom is 0.155 e. The molecular formula is C15H13N3O. The summed E-state index contributed by atoms with van der Waals surface area (Å²) >= 11 is 0. The number of nitrogens with zero attached hydrogens (tertiary/aromatic N) is 2. The second-order valence-electron chi connectivity index (χ2n) is 4.96. The van der Waals surface area contributed by atoms with Crippen molar-refractivity contribution < 1.29 is 5.11 Å². The van der Waals surface area contributed by atoms with Crippen molar-refractivity contribution in [2.24, 2.45) is 0 Å². The Labute approximate surface area is 110 Å². The predicted molar refractivity (Wildman–Crippen MR) is 72.6 cm³/mol. The third kappa shape index (κ3) is 1.57. The van der Waals surface area contributed by atoms with Gasteiger partial charge in [0.05, 0.1) is 12.3 Å². The first-order valence-corrected chi connectivity index (χ1v) is 6.42. The molecule has 19 heavy (non-hydrogen) atoms. The lowest BCUT2D eigenvalue weighted by Gasteiger charge is -2.07. The third-order valence-electron chi connectivity index (χ3n) is 3.85. The van der Waals surface area contributed by atoms with Gasteiger partial charge < -0.3 is 5.11 Å². The van der Waals surface area contributed by atoms with Crippen molar-refractivity contribution in [3.05, 3.63) is 47.8 Å². The number of aromatic nitrogens is 3. The second-order valence-corrected chi connectivity index (χ2v) is 4.96. The number of H-pyrrole nitrogens is 1. The Morgan fingerprint density at radius 3 is 3.16 bits per heavy atom. The van der Waals surface area contributed by atoms with Crippen molar-refractivity contribution in [2.45, 2.75) is 18.9 Å². The first-order valence-electron chi connectivity index (χ1n) is 6.42. The van der Waals surface area contributed by atoms with E-state index in [2.05, 4.69) is 27.3 Å². The van der Waals surface area contributed by atoms with E-state index in [4.69, 9.17) is 0 Å². The van der Waals surface area contributed by atoms with Crippen LogP contribution in [0.3, 0.4) is 0 Å². The minimum atomic E-state index is -0.296. The largest absolute Gasteiger partial charge is 0.388 e. The molecule has 0 saturated heterocycles. The Kier molecular flexibility index (Phi) is 2.19. The summed E-state index contributed by atoms with van der Waals surface area (Å²) in [5.74, 6) is 0. The van der Waals surface area contributed by atoms with Gasteiger partial charge in [0.1, 0.15) is 0 Å². The average molecular weight is 251 g/mol. The van der Waals surface area contributed by atoms with Crippen LogP contribution in [-0.4, -0.2) is 20.3 Å². The molecule has 0 amide bonds. The van der Waals surface area contributed by atoms with Crippen LogP contribution in [0, 0.1) is 0 Å². The van der Waals surface area contributed by atoms with Gasteiger partial charge in [0, 0.05) is 11.6 Å². The molecule has 0 radical (unpaired) electrons. The lowest BCUT2D eigenvalue weighted by molar-refractivity contribution is 0.180. The van der Waals surface area contributed by atoms with E-state index in [1.165, 1.54) is 5.56 Å². The number of rotatable bonds is 1. The van der Waals surface area contributed by atoms with Gasteiger partial charge in [0.25, 0.3) is 0 Å². The Morgan fingerprint density at radius 2 is 2.21 bits per heavy atom. The topological polar surface area (TPSA) is 61.8 Å². The van der Waals surface area contributed by atoms with E-state index in [0.717, 1.165) is 40.6 Å². The first-order chi connectivity index (χ1) is 9.33. The lowest BCUT2D eigenvalue weighted by Crippen LogP contribution is -1.90. The number of hydrogen-bond acceptors (Lipinski definition) is 3. The van der Waals surface area contributed by atoms with Crippen molar-refractivity contribution in [2.75, 3.05) is 0 Å². The molecule has 3 aromatic rings. The van der Waals surface area contributed by atoms with Crippen molar-refractivity contribution in [3.63, 3.8) is 0 Å². The fraction of sp³-hybridized carbons (Fsp3) is 0.200. The van der Waals surface area contributed by atoms with Gasteiger partial charge >= 0.3 is 0 Å². The van der Waals surface area contributed by atoms with Crippen molar-refractivity contribution in [3.8, 4) is 11.1 Å². The highest BCUT2D eigenvalue weighted by molar-refractivity contribution is 5.92. The molecular weight excluding hydrogens is 238 g/mol. The number of benzene rings is 1. The summed E-state index contributed by atoms with van der Waals surface area (Å²) in [6.45, 7) is 0. The normalized spacial score (nSPS) is 17.8. The number of fused-ring (bicyclic) bond motifs is 2. The van der Waals surface area contributed by atoms with Gasteiger partial charge in [-0.1, -0.05) is 18.2 Å². The third-order valence-corrected chi connectivity index (χ3v) is 3.85. The van der Waals surface area contributed by atoms with Crippen LogP contribution in [0.4, 0.5) is 0 Å². The van der Waals surface area contributed by atoms with E-state index < -0.39 is 0 Å². The molecule has 1 aromatic carbocycles. The molecule has 0 spiro atoms. The summed E-state index contributed by atoms with van der Waals surface area (Å²) in [5.41, 5.74) is 5.40. The number of aromatic amines is 1. The maximum absolute atomic E-state index is 9.86. The highest BCUT2D eigenvalue weighted by Crippen LogP contribution is 2.35. The minimum Gasteiger partial charge on any atom is -0.388 e.